The third-order valence-electron chi connectivity index (χ3n) is 7.37. The van der Waals surface area contributed by atoms with Crippen LogP contribution in [-0.4, -0.2) is 66.7 Å². The lowest BCUT2D eigenvalue weighted by Crippen LogP contribution is -2.44. The minimum Gasteiger partial charge on any atom is -0.464 e. The number of esters is 1. The van der Waals surface area contributed by atoms with Gasteiger partial charge in [-0.1, -0.05) is 30.3 Å². The molecule has 1 spiro atoms. The molecule has 9 heteroatoms. The molecular formula is C28H36N4O5. The molecule has 198 valence electrons. The molecule has 2 aromatic rings. The molecule has 0 saturated carbocycles. The van der Waals surface area contributed by atoms with Crippen molar-refractivity contribution in [2.75, 3.05) is 37.7 Å². The summed E-state index contributed by atoms with van der Waals surface area (Å²) in [4.78, 5) is 46.2. The molecule has 1 aromatic heterocycles. The van der Waals surface area contributed by atoms with E-state index in [4.69, 9.17) is 9.47 Å². The largest absolute Gasteiger partial charge is 0.464 e. The van der Waals surface area contributed by atoms with Crippen LogP contribution in [0.15, 0.2) is 54.9 Å². The SMILES string of the molecule is CCOC(=O)[C@H](CCC(=O)N1CCC2(CCN(c3ccncc3)CC2)C1)NC(=O)OCc1ccccc1. The predicted octanol–water partition coefficient (Wildman–Crippen LogP) is 3.54. The molecule has 0 radical (unpaired) electrons. The zero-order valence-electron chi connectivity index (χ0n) is 21.4. The van der Waals surface area contributed by atoms with Crippen LogP contribution in [0.2, 0.25) is 0 Å². The standard InChI is InChI=1S/C28H36N4O5/c1-2-36-26(34)24(30-27(35)37-20-22-6-4-3-5-7-22)8-9-25(33)32-19-14-28(21-32)12-17-31(18-13-28)23-10-15-29-16-11-23/h3-7,10-11,15-16,24H,2,8-9,12-14,17-21H2,1H3,(H,30,35)/t24-/m0/s1. The summed E-state index contributed by atoms with van der Waals surface area (Å²) in [5.41, 5.74) is 2.19. The molecular weight excluding hydrogens is 472 g/mol. The molecule has 2 amide bonds. The van der Waals surface area contributed by atoms with Crippen LogP contribution in [-0.2, 0) is 25.7 Å². The minimum atomic E-state index is -0.938. The third kappa shape index (κ3) is 7.21. The number of pyridine rings is 1. The van der Waals surface area contributed by atoms with E-state index in [0.29, 0.717) is 0 Å². The highest BCUT2D eigenvalue weighted by atomic mass is 16.6. The Morgan fingerprint density at radius 2 is 1.70 bits per heavy atom. The number of alkyl carbamates (subject to hydrolysis) is 1. The predicted molar refractivity (Wildman–Crippen MR) is 139 cm³/mol. The van der Waals surface area contributed by atoms with Crippen LogP contribution in [0.1, 0.15) is 44.6 Å². The van der Waals surface area contributed by atoms with Crippen molar-refractivity contribution >= 4 is 23.7 Å². The van der Waals surface area contributed by atoms with E-state index in [-0.39, 0.29) is 37.4 Å². The highest BCUT2D eigenvalue weighted by Crippen LogP contribution is 2.41. The van der Waals surface area contributed by atoms with Gasteiger partial charge >= 0.3 is 12.1 Å². The van der Waals surface area contributed by atoms with E-state index in [9.17, 15) is 14.4 Å². The van der Waals surface area contributed by atoms with Gasteiger partial charge in [-0.25, -0.2) is 9.59 Å². The number of amides is 2. The second kappa shape index (κ2) is 12.6. The maximum atomic E-state index is 13.1. The van der Waals surface area contributed by atoms with E-state index >= 15 is 0 Å². The number of ether oxygens (including phenoxy) is 2. The van der Waals surface area contributed by atoms with E-state index in [1.54, 1.807) is 6.92 Å². The molecule has 2 aliphatic rings. The Kier molecular flexibility index (Phi) is 8.98. The van der Waals surface area contributed by atoms with Crippen LogP contribution in [0, 0.1) is 5.41 Å². The molecule has 2 fully saturated rings. The first-order chi connectivity index (χ1) is 18.0. The molecule has 0 unspecified atom stereocenters. The molecule has 1 N–H and O–H groups in total. The molecule has 2 saturated heterocycles. The van der Waals surface area contributed by atoms with Crippen LogP contribution in [0.25, 0.3) is 0 Å². The number of hydrogen-bond acceptors (Lipinski definition) is 7. The Hall–Kier alpha value is -3.62. The van der Waals surface area contributed by atoms with E-state index in [2.05, 4.69) is 15.2 Å². The van der Waals surface area contributed by atoms with Gasteiger partial charge in [0.05, 0.1) is 6.61 Å². The molecule has 4 rings (SSSR count). The normalized spacial score (nSPS) is 17.3. The molecule has 37 heavy (non-hydrogen) atoms. The monoisotopic (exact) mass is 508 g/mol. The fourth-order valence-corrected chi connectivity index (χ4v) is 5.18. The Morgan fingerprint density at radius 1 is 1.00 bits per heavy atom. The van der Waals surface area contributed by atoms with Crippen LogP contribution in [0.5, 0.6) is 0 Å². The zero-order valence-corrected chi connectivity index (χ0v) is 21.4. The van der Waals surface area contributed by atoms with Crippen molar-refractivity contribution in [3.63, 3.8) is 0 Å². The van der Waals surface area contributed by atoms with Crippen molar-refractivity contribution in [2.24, 2.45) is 5.41 Å². The van der Waals surface area contributed by atoms with Gasteiger partial charge in [0.15, 0.2) is 0 Å². The number of carbonyl (C=O) groups is 3. The first kappa shape index (κ1) is 26.4. The van der Waals surface area contributed by atoms with Gasteiger partial charge in [-0.3, -0.25) is 9.78 Å². The third-order valence-corrected chi connectivity index (χ3v) is 7.37. The number of aromatic nitrogens is 1. The molecule has 0 aliphatic carbocycles. The van der Waals surface area contributed by atoms with Gasteiger partial charge in [-0.05, 0) is 55.7 Å². The topological polar surface area (TPSA) is 101 Å². The van der Waals surface area contributed by atoms with E-state index in [1.165, 1.54) is 5.69 Å². The number of piperidine rings is 1. The Balaban J connectivity index is 1.25. The average Bonchev–Trinajstić information content (AvgIpc) is 3.34. The summed E-state index contributed by atoms with van der Waals surface area (Å²) in [5, 5.41) is 2.58. The van der Waals surface area contributed by atoms with E-state index < -0.39 is 18.1 Å². The van der Waals surface area contributed by atoms with Crippen molar-refractivity contribution in [1.82, 2.24) is 15.2 Å². The molecule has 1 atom stereocenters. The summed E-state index contributed by atoms with van der Waals surface area (Å²) in [6, 6.07) is 12.4. The quantitative estimate of drug-likeness (QED) is 0.517. The zero-order chi connectivity index (χ0) is 26.1. The van der Waals surface area contributed by atoms with Crippen molar-refractivity contribution in [2.45, 2.75) is 51.7 Å². The summed E-state index contributed by atoms with van der Waals surface area (Å²) in [6.45, 7) is 5.39. The van der Waals surface area contributed by atoms with Gasteiger partial charge in [-0.15, -0.1) is 0 Å². The van der Waals surface area contributed by atoms with Gasteiger partial charge in [0, 0.05) is 50.7 Å². The Labute approximate surface area is 218 Å². The fraction of sp³-hybridized carbons (Fsp3) is 0.500. The average molecular weight is 509 g/mol. The number of carbonyl (C=O) groups excluding carboxylic acids is 3. The molecule has 0 bridgehead atoms. The lowest BCUT2D eigenvalue weighted by Gasteiger charge is -2.40. The highest BCUT2D eigenvalue weighted by Gasteiger charge is 2.42. The van der Waals surface area contributed by atoms with Crippen molar-refractivity contribution in [1.29, 1.82) is 0 Å². The molecule has 2 aliphatic heterocycles. The fourth-order valence-electron chi connectivity index (χ4n) is 5.18. The number of hydrogen-bond donors (Lipinski definition) is 1. The second-order valence-electron chi connectivity index (χ2n) is 9.81. The van der Waals surface area contributed by atoms with Crippen LogP contribution < -0.4 is 10.2 Å². The first-order valence-corrected chi connectivity index (χ1v) is 13.0. The summed E-state index contributed by atoms with van der Waals surface area (Å²) in [7, 11) is 0. The maximum absolute atomic E-state index is 13.1. The number of anilines is 1. The van der Waals surface area contributed by atoms with Crippen molar-refractivity contribution in [3.05, 3.63) is 60.4 Å². The second-order valence-corrected chi connectivity index (χ2v) is 9.81. The van der Waals surface area contributed by atoms with Crippen molar-refractivity contribution < 1.29 is 23.9 Å². The van der Waals surface area contributed by atoms with Gasteiger partial charge in [0.1, 0.15) is 12.6 Å². The number of rotatable bonds is 9. The molecule has 1 aromatic carbocycles. The molecule has 9 nitrogen and oxygen atoms in total. The van der Waals surface area contributed by atoms with Crippen LogP contribution >= 0.6 is 0 Å². The smallest absolute Gasteiger partial charge is 0.408 e. The summed E-state index contributed by atoms with van der Waals surface area (Å²) < 4.78 is 10.4. The van der Waals surface area contributed by atoms with E-state index in [1.807, 2.05) is 59.8 Å². The first-order valence-electron chi connectivity index (χ1n) is 13.0. The molecule has 3 heterocycles. The lowest BCUT2D eigenvalue weighted by molar-refractivity contribution is -0.145. The summed E-state index contributed by atoms with van der Waals surface area (Å²) in [5.74, 6) is -0.560. The summed E-state index contributed by atoms with van der Waals surface area (Å²) >= 11 is 0. The number of nitrogens with one attached hydrogen (secondary N) is 1. The van der Waals surface area contributed by atoms with Gasteiger partial charge in [0.2, 0.25) is 5.91 Å². The highest BCUT2D eigenvalue weighted by molar-refractivity contribution is 5.83. The van der Waals surface area contributed by atoms with Crippen LogP contribution in [0.3, 0.4) is 0 Å². The van der Waals surface area contributed by atoms with Gasteiger partial charge in [-0.2, -0.15) is 0 Å². The number of nitrogens with zero attached hydrogens (tertiary/aromatic N) is 3. The minimum absolute atomic E-state index is 0.00203. The Morgan fingerprint density at radius 3 is 2.41 bits per heavy atom. The Bertz CT molecular complexity index is 1040. The number of likely N-dealkylation sites (tertiary alicyclic amines) is 1. The van der Waals surface area contributed by atoms with E-state index in [0.717, 1.165) is 51.0 Å². The van der Waals surface area contributed by atoms with Crippen LogP contribution in [0.4, 0.5) is 10.5 Å². The van der Waals surface area contributed by atoms with Gasteiger partial charge < -0.3 is 24.6 Å². The lowest BCUT2D eigenvalue weighted by atomic mass is 9.77. The van der Waals surface area contributed by atoms with Crippen molar-refractivity contribution in [3.8, 4) is 0 Å². The maximum Gasteiger partial charge on any atom is 0.408 e. The van der Waals surface area contributed by atoms with Gasteiger partial charge in [0.25, 0.3) is 0 Å². The summed E-state index contributed by atoms with van der Waals surface area (Å²) in [6.07, 6.45) is 6.32. The number of benzene rings is 1.